The van der Waals surface area contributed by atoms with E-state index in [1.807, 2.05) is 18.2 Å². The number of allylic oxidation sites excluding steroid dienone is 2. The van der Waals surface area contributed by atoms with Crippen LogP contribution in [-0.4, -0.2) is 5.78 Å². The first-order valence-electron chi connectivity index (χ1n) is 5.18. The van der Waals surface area contributed by atoms with E-state index in [9.17, 15) is 4.79 Å². The van der Waals surface area contributed by atoms with Crippen LogP contribution in [0.4, 0.5) is 0 Å². The van der Waals surface area contributed by atoms with Gasteiger partial charge in [-0.25, -0.2) is 0 Å². The number of ether oxygens (including phenoxy) is 1. The van der Waals surface area contributed by atoms with Crippen molar-refractivity contribution < 1.29 is 9.53 Å². The molecule has 1 saturated heterocycles. The highest BCUT2D eigenvalue weighted by atomic mass is 16.5. The molecule has 0 spiro atoms. The molecule has 0 radical (unpaired) electrons. The van der Waals surface area contributed by atoms with Crippen LogP contribution in [-0.2, 0) is 9.53 Å². The molecule has 2 heteroatoms. The fourth-order valence-corrected chi connectivity index (χ4v) is 1.81. The van der Waals surface area contributed by atoms with E-state index < -0.39 is 0 Å². The van der Waals surface area contributed by atoms with E-state index >= 15 is 0 Å². The molecule has 2 rings (SSSR count). The van der Waals surface area contributed by atoms with Gasteiger partial charge in [0, 0.05) is 12.5 Å². The van der Waals surface area contributed by atoms with Crippen molar-refractivity contribution in [2.45, 2.75) is 25.9 Å². The first kappa shape index (κ1) is 9.97. The summed E-state index contributed by atoms with van der Waals surface area (Å²) < 4.78 is 5.70. The van der Waals surface area contributed by atoms with E-state index in [1.54, 1.807) is 13.0 Å². The van der Waals surface area contributed by atoms with Crippen molar-refractivity contribution in [2.75, 3.05) is 0 Å². The molecule has 0 amide bonds. The molecule has 1 aliphatic heterocycles. The second kappa shape index (κ2) is 4.30. The van der Waals surface area contributed by atoms with Gasteiger partial charge in [-0.15, -0.1) is 0 Å². The van der Waals surface area contributed by atoms with E-state index in [2.05, 4.69) is 12.1 Å². The third kappa shape index (κ3) is 2.46. The highest BCUT2D eigenvalue weighted by molar-refractivity contribution is 5.87. The summed E-state index contributed by atoms with van der Waals surface area (Å²) >= 11 is 0. The normalized spacial score (nSPS) is 22.7. The fraction of sp³-hybridized carbons (Fsp3) is 0.308. The van der Waals surface area contributed by atoms with E-state index in [1.165, 1.54) is 5.56 Å². The maximum atomic E-state index is 10.9. The topological polar surface area (TPSA) is 26.3 Å². The highest BCUT2D eigenvalue weighted by Gasteiger charge is 2.22. The number of carbonyl (C=O) groups excluding carboxylic acids is 1. The van der Waals surface area contributed by atoms with Gasteiger partial charge in [-0.3, -0.25) is 4.79 Å². The molecule has 1 aliphatic rings. The lowest BCUT2D eigenvalue weighted by Gasteiger charge is -2.10. The van der Waals surface area contributed by atoms with Gasteiger partial charge in [0.1, 0.15) is 11.9 Å². The summed E-state index contributed by atoms with van der Waals surface area (Å²) in [4.78, 5) is 10.9. The molecule has 1 atom stereocenters. The lowest BCUT2D eigenvalue weighted by atomic mass is 10.1. The lowest BCUT2D eigenvalue weighted by Crippen LogP contribution is -1.94. The molecule has 1 heterocycles. The van der Waals surface area contributed by atoms with E-state index in [4.69, 9.17) is 4.74 Å². The second-order valence-corrected chi connectivity index (χ2v) is 3.78. The van der Waals surface area contributed by atoms with E-state index in [0.29, 0.717) is 0 Å². The van der Waals surface area contributed by atoms with E-state index in [-0.39, 0.29) is 11.9 Å². The number of carbonyl (C=O) groups is 1. The number of benzene rings is 1. The minimum Gasteiger partial charge on any atom is -0.490 e. The molecular weight excluding hydrogens is 188 g/mol. The zero-order chi connectivity index (χ0) is 10.7. The number of rotatable bonds is 2. The molecule has 0 aliphatic carbocycles. The number of hydrogen-bond donors (Lipinski definition) is 0. The molecule has 0 saturated carbocycles. The molecule has 1 aromatic carbocycles. The van der Waals surface area contributed by atoms with Crippen molar-refractivity contribution >= 4 is 5.78 Å². The minimum atomic E-state index is 0.0544. The molecule has 2 nitrogen and oxygen atoms in total. The Labute approximate surface area is 89.6 Å². The third-order valence-corrected chi connectivity index (χ3v) is 2.48. The monoisotopic (exact) mass is 202 g/mol. The Bertz CT molecular complexity index is 379. The Morgan fingerprint density at radius 1 is 1.40 bits per heavy atom. The van der Waals surface area contributed by atoms with Gasteiger partial charge in [-0.1, -0.05) is 30.3 Å². The Morgan fingerprint density at radius 2 is 2.13 bits per heavy atom. The fourth-order valence-electron chi connectivity index (χ4n) is 1.81. The summed E-state index contributed by atoms with van der Waals surface area (Å²) in [5, 5.41) is 0. The summed E-state index contributed by atoms with van der Waals surface area (Å²) in [6.45, 7) is 1.55. The molecule has 0 N–H and O–H groups in total. The van der Waals surface area contributed by atoms with Crippen molar-refractivity contribution in [1.29, 1.82) is 0 Å². The van der Waals surface area contributed by atoms with Crippen molar-refractivity contribution in [2.24, 2.45) is 0 Å². The SMILES string of the molecule is CC(=O)/C=C1\CCC(c2ccccc2)O1. The Balaban J connectivity index is 2.08. The molecule has 1 aromatic rings. The van der Waals surface area contributed by atoms with Gasteiger partial charge < -0.3 is 4.74 Å². The van der Waals surface area contributed by atoms with Crippen LogP contribution in [0.1, 0.15) is 31.4 Å². The van der Waals surface area contributed by atoms with Crippen molar-refractivity contribution in [3.63, 3.8) is 0 Å². The van der Waals surface area contributed by atoms with Crippen LogP contribution >= 0.6 is 0 Å². The average molecular weight is 202 g/mol. The van der Waals surface area contributed by atoms with Gasteiger partial charge in [0.15, 0.2) is 5.78 Å². The lowest BCUT2D eigenvalue weighted by molar-refractivity contribution is -0.112. The van der Waals surface area contributed by atoms with E-state index in [0.717, 1.165) is 18.6 Å². The largest absolute Gasteiger partial charge is 0.490 e. The Kier molecular flexibility index (Phi) is 2.86. The van der Waals surface area contributed by atoms with Crippen LogP contribution in [0.25, 0.3) is 0 Å². The molecule has 78 valence electrons. The summed E-state index contributed by atoms with van der Waals surface area (Å²) in [5.41, 5.74) is 1.18. The van der Waals surface area contributed by atoms with Gasteiger partial charge in [-0.05, 0) is 18.9 Å². The van der Waals surface area contributed by atoms with Crippen molar-refractivity contribution in [3.05, 3.63) is 47.7 Å². The molecule has 0 bridgehead atoms. The predicted molar refractivity (Wildman–Crippen MR) is 58.3 cm³/mol. The molecule has 1 unspecified atom stereocenters. The van der Waals surface area contributed by atoms with Crippen LogP contribution in [0.15, 0.2) is 42.2 Å². The molecule has 15 heavy (non-hydrogen) atoms. The Hall–Kier alpha value is -1.57. The van der Waals surface area contributed by atoms with Crippen LogP contribution in [0, 0.1) is 0 Å². The standard InChI is InChI=1S/C13H14O2/c1-10(14)9-12-7-8-13(15-12)11-5-3-2-4-6-11/h2-6,9,13H,7-8H2,1H3/b12-9+. The smallest absolute Gasteiger partial charge is 0.155 e. The minimum absolute atomic E-state index is 0.0544. The number of hydrogen-bond acceptors (Lipinski definition) is 2. The maximum absolute atomic E-state index is 10.9. The Morgan fingerprint density at radius 3 is 2.80 bits per heavy atom. The first-order valence-corrected chi connectivity index (χ1v) is 5.18. The predicted octanol–water partition coefficient (Wildman–Crippen LogP) is 3.01. The summed E-state index contributed by atoms with van der Waals surface area (Å²) in [6.07, 6.45) is 3.53. The molecule has 0 aromatic heterocycles. The summed E-state index contributed by atoms with van der Waals surface area (Å²) in [6, 6.07) is 10.1. The molecular formula is C13H14O2. The van der Waals surface area contributed by atoms with Crippen LogP contribution in [0.3, 0.4) is 0 Å². The van der Waals surface area contributed by atoms with Gasteiger partial charge in [0.05, 0.1) is 0 Å². The maximum Gasteiger partial charge on any atom is 0.155 e. The average Bonchev–Trinajstić information content (AvgIpc) is 2.67. The van der Waals surface area contributed by atoms with Crippen molar-refractivity contribution in [1.82, 2.24) is 0 Å². The molecule has 1 fully saturated rings. The quantitative estimate of drug-likeness (QED) is 0.689. The van der Waals surface area contributed by atoms with Crippen LogP contribution in [0.5, 0.6) is 0 Å². The van der Waals surface area contributed by atoms with Crippen LogP contribution < -0.4 is 0 Å². The van der Waals surface area contributed by atoms with Gasteiger partial charge in [0.2, 0.25) is 0 Å². The highest BCUT2D eigenvalue weighted by Crippen LogP contribution is 2.34. The zero-order valence-electron chi connectivity index (χ0n) is 8.77. The summed E-state index contributed by atoms with van der Waals surface area (Å²) in [5.74, 6) is 0.870. The second-order valence-electron chi connectivity index (χ2n) is 3.78. The third-order valence-electron chi connectivity index (χ3n) is 2.48. The first-order chi connectivity index (χ1) is 7.25. The number of ketones is 1. The summed E-state index contributed by atoms with van der Waals surface area (Å²) in [7, 11) is 0. The zero-order valence-corrected chi connectivity index (χ0v) is 8.77. The van der Waals surface area contributed by atoms with Gasteiger partial charge >= 0.3 is 0 Å². The van der Waals surface area contributed by atoms with Gasteiger partial charge in [0.25, 0.3) is 0 Å². The van der Waals surface area contributed by atoms with Crippen molar-refractivity contribution in [3.8, 4) is 0 Å². The van der Waals surface area contributed by atoms with Crippen LogP contribution in [0.2, 0.25) is 0 Å². The van der Waals surface area contributed by atoms with Gasteiger partial charge in [-0.2, -0.15) is 0 Å².